The van der Waals surface area contributed by atoms with Crippen molar-refractivity contribution in [2.24, 2.45) is 0 Å². The third-order valence-electron chi connectivity index (χ3n) is 5.91. The highest BCUT2D eigenvalue weighted by Crippen LogP contribution is 2.27. The first-order valence-electron chi connectivity index (χ1n) is 11.7. The molecule has 0 saturated heterocycles. The highest BCUT2D eigenvalue weighted by molar-refractivity contribution is 7.92. The van der Waals surface area contributed by atoms with Gasteiger partial charge in [-0.25, -0.2) is 8.42 Å². The summed E-state index contributed by atoms with van der Waals surface area (Å²) in [7, 11) is -3.75. The predicted octanol–water partition coefficient (Wildman–Crippen LogP) is 3.71. The standard InChI is InChI=1S/C26H37N3O4S/c1-7-16-27-26(31)23(8-2)28(17-22-15-10-9-12-19(22)3)24(30)18-29(34(6,32)33)25-20(4)13-11-14-21(25)5/h9-15,23H,7-8,16-18H2,1-6H3,(H,27,31)/t23-/m0/s1. The maximum Gasteiger partial charge on any atom is 0.244 e. The van der Waals surface area contributed by atoms with Crippen molar-refractivity contribution < 1.29 is 18.0 Å². The van der Waals surface area contributed by atoms with Gasteiger partial charge in [0.2, 0.25) is 21.8 Å². The molecule has 0 bridgehead atoms. The molecule has 0 saturated carbocycles. The van der Waals surface area contributed by atoms with Crippen molar-refractivity contribution in [2.75, 3.05) is 23.7 Å². The van der Waals surface area contributed by atoms with E-state index in [4.69, 9.17) is 0 Å². The molecule has 2 aromatic carbocycles. The molecule has 1 N–H and O–H groups in total. The summed E-state index contributed by atoms with van der Waals surface area (Å²) in [6, 6.07) is 12.5. The Balaban J connectivity index is 2.50. The molecule has 34 heavy (non-hydrogen) atoms. The van der Waals surface area contributed by atoms with E-state index < -0.39 is 22.0 Å². The summed E-state index contributed by atoms with van der Waals surface area (Å²) in [5.74, 6) is -0.654. The second-order valence-electron chi connectivity index (χ2n) is 8.67. The molecule has 186 valence electrons. The first kappa shape index (κ1) is 27.4. The van der Waals surface area contributed by atoms with E-state index in [1.54, 1.807) is 0 Å². The van der Waals surface area contributed by atoms with Gasteiger partial charge in [0.05, 0.1) is 11.9 Å². The van der Waals surface area contributed by atoms with Crippen LogP contribution < -0.4 is 9.62 Å². The number of aryl methyl sites for hydroxylation is 3. The predicted molar refractivity (Wildman–Crippen MR) is 137 cm³/mol. The van der Waals surface area contributed by atoms with Crippen molar-refractivity contribution in [3.05, 3.63) is 64.7 Å². The molecular weight excluding hydrogens is 450 g/mol. The van der Waals surface area contributed by atoms with Crippen LogP contribution in [-0.2, 0) is 26.2 Å². The first-order chi connectivity index (χ1) is 16.0. The molecule has 0 heterocycles. The molecule has 2 rings (SSSR count). The normalized spacial score (nSPS) is 12.2. The largest absolute Gasteiger partial charge is 0.354 e. The number of carbonyl (C=O) groups is 2. The lowest BCUT2D eigenvalue weighted by Crippen LogP contribution is -2.52. The zero-order valence-electron chi connectivity index (χ0n) is 21.1. The summed E-state index contributed by atoms with van der Waals surface area (Å²) < 4.78 is 26.7. The van der Waals surface area contributed by atoms with E-state index >= 15 is 0 Å². The molecule has 0 radical (unpaired) electrons. The number of sulfonamides is 1. The van der Waals surface area contributed by atoms with E-state index in [1.165, 1.54) is 4.90 Å². The van der Waals surface area contributed by atoms with Crippen LogP contribution in [0.3, 0.4) is 0 Å². The van der Waals surface area contributed by atoms with Gasteiger partial charge in [-0.15, -0.1) is 0 Å². The fourth-order valence-corrected chi connectivity index (χ4v) is 5.00. The van der Waals surface area contributed by atoms with Crippen LogP contribution in [0.1, 0.15) is 48.9 Å². The van der Waals surface area contributed by atoms with Crippen molar-refractivity contribution >= 4 is 27.5 Å². The highest BCUT2D eigenvalue weighted by Gasteiger charge is 2.32. The molecule has 0 fully saturated rings. The Hall–Kier alpha value is -2.87. The van der Waals surface area contributed by atoms with Crippen LogP contribution in [0, 0.1) is 20.8 Å². The van der Waals surface area contributed by atoms with Gasteiger partial charge >= 0.3 is 0 Å². The van der Waals surface area contributed by atoms with E-state index in [1.807, 2.05) is 77.1 Å². The van der Waals surface area contributed by atoms with E-state index in [-0.39, 0.29) is 19.0 Å². The van der Waals surface area contributed by atoms with Crippen LogP contribution >= 0.6 is 0 Å². The topological polar surface area (TPSA) is 86.8 Å². The molecule has 0 aliphatic carbocycles. The third-order valence-corrected chi connectivity index (χ3v) is 7.02. The van der Waals surface area contributed by atoms with Gasteiger partial charge in [-0.2, -0.15) is 0 Å². The maximum absolute atomic E-state index is 13.7. The highest BCUT2D eigenvalue weighted by atomic mass is 32.2. The Morgan fingerprint density at radius 3 is 2.06 bits per heavy atom. The quantitative estimate of drug-likeness (QED) is 0.523. The summed E-state index contributed by atoms with van der Waals surface area (Å²) in [5.41, 5.74) is 3.93. The van der Waals surface area contributed by atoms with Gasteiger partial charge in [0, 0.05) is 13.1 Å². The number of carbonyl (C=O) groups excluding carboxylic acids is 2. The molecule has 0 unspecified atom stereocenters. The summed E-state index contributed by atoms with van der Waals surface area (Å²) >= 11 is 0. The number of nitrogens with one attached hydrogen (secondary N) is 1. The van der Waals surface area contributed by atoms with Crippen molar-refractivity contribution in [1.29, 1.82) is 0 Å². The van der Waals surface area contributed by atoms with Crippen molar-refractivity contribution in [3.63, 3.8) is 0 Å². The number of amides is 2. The minimum atomic E-state index is -3.75. The average Bonchev–Trinajstić information content (AvgIpc) is 2.77. The van der Waals surface area contributed by atoms with Crippen LogP contribution in [-0.4, -0.2) is 50.5 Å². The molecule has 1 atom stereocenters. The van der Waals surface area contributed by atoms with E-state index in [0.29, 0.717) is 18.7 Å². The van der Waals surface area contributed by atoms with E-state index in [0.717, 1.165) is 39.2 Å². The van der Waals surface area contributed by atoms with E-state index in [2.05, 4.69) is 5.32 Å². The molecule has 2 aromatic rings. The molecule has 0 aromatic heterocycles. The van der Waals surface area contributed by atoms with Crippen molar-refractivity contribution in [3.8, 4) is 0 Å². The number of rotatable bonds is 11. The lowest BCUT2D eigenvalue weighted by atomic mass is 10.1. The van der Waals surface area contributed by atoms with Gasteiger partial charge in [-0.3, -0.25) is 13.9 Å². The van der Waals surface area contributed by atoms with Crippen LogP contribution in [0.5, 0.6) is 0 Å². The van der Waals surface area contributed by atoms with Gasteiger partial charge in [0.15, 0.2) is 0 Å². The number of para-hydroxylation sites is 1. The van der Waals surface area contributed by atoms with Gasteiger partial charge in [0.25, 0.3) is 0 Å². The number of hydrogen-bond donors (Lipinski definition) is 1. The Kier molecular flexibility index (Phi) is 9.67. The Labute approximate surface area is 204 Å². The molecule has 0 aliphatic heterocycles. The zero-order chi connectivity index (χ0) is 25.5. The van der Waals surface area contributed by atoms with Crippen molar-refractivity contribution in [2.45, 2.75) is 60.0 Å². The number of anilines is 1. The van der Waals surface area contributed by atoms with Crippen LogP contribution in [0.25, 0.3) is 0 Å². The van der Waals surface area contributed by atoms with Crippen molar-refractivity contribution in [1.82, 2.24) is 10.2 Å². The molecule has 8 heteroatoms. The number of hydrogen-bond acceptors (Lipinski definition) is 4. The minimum absolute atomic E-state index is 0.216. The van der Waals surface area contributed by atoms with E-state index in [9.17, 15) is 18.0 Å². The van der Waals surface area contributed by atoms with Gasteiger partial charge in [-0.05, 0) is 55.9 Å². The monoisotopic (exact) mass is 487 g/mol. The molecule has 2 amide bonds. The average molecular weight is 488 g/mol. The zero-order valence-corrected chi connectivity index (χ0v) is 21.9. The van der Waals surface area contributed by atoms with Crippen LogP contribution in [0.4, 0.5) is 5.69 Å². The second kappa shape index (κ2) is 12.0. The third kappa shape index (κ3) is 6.82. The molecule has 7 nitrogen and oxygen atoms in total. The van der Waals surface area contributed by atoms with Crippen LogP contribution in [0.15, 0.2) is 42.5 Å². The lowest BCUT2D eigenvalue weighted by molar-refractivity contribution is -0.140. The smallest absolute Gasteiger partial charge is 0.244 e. The SMILES string of the molecule is CCCNC(=O)[C@H](CC)N(Cc1ccccc1C)C(=O)CN(c1c(C)cccc1C)S(C)(=O)=O. The molecule has 0 aliphatic rings. The second-order valence-corrected chi connectivity index (χ2v) is 10.6. The summed E-state index contributed by atoms with van der Waals surface area (Å²) in [6.45, 7) is 9.77. The first-order valence-corrected chi connectivity index (χ1v) is 13.5. The maximum atomic E-state index is 13.7. The molecular formula is C26H37N3O4S. The Morgan fingerprint density at radius 1 is 0.941 bits per heavy atom. The molecule has 0 spiro atoms. The Bertz CT molecular complexity index is 1090. The number of nitrogens with zero attached hydrogens (tertiary/aromatic N) is 2. The van der Waals surface area contributed by atoms with Gasteiger partial charge < -0.3 is 10.2 Å². The Morgan fingerprint density at radius 2 is 1.53 bits per heavy atom. The fourth-order valence-electron chi connectivity index (χ4n) is 4.03. The van der Waals surface area contributed by atoms with Gasteiger partial charge in [0.1, 0.15) is 12.6 Å². The summed E-state index contributed by atoms with van der Waals surface area (Å²) in [5, 5.41) is 2.89. The van der Waals surface area contributed by atoms with Crippen LogP contribution in [0.2, 0.25) is 0 Å². The van der Waals surface area contributed by atoms with Gasteiger partial charge in [-0.1, -0.05) is 56.3 Å². The summed E-state index contributed by atoms with van der Waals surface area (Å²) in [4.78, 5) is 28.2. The lowest BCUT2D eigenvalue weighted by Gasteiger charge is -2.33. The number of benzene rings is 2. The summed E-state index contributed by atoms with van der Waals surface area (Å²) in [6.07, 6.45) is 2.29. The fraction of sp³-hybridized carbons (Fsp3) is 0.462. The minimum Gasteiger partial charge on any atom is -0.354 e.